The summed E-state index contributed by atoms with van der Waals surface area (Å²) in [6.07, 6.45) is 2.15. The van der Waals surface area contributed by atoms with Crippen LogP contribution in [0.4, 0.5) is 4.79 Å². The molecular formula is C30H30N8O2. The lowest BCUT2D eigenvalue weighted by atomic mass is 9.70. The van der Waals surface area contributed by atoms with Gasteiger partial charge in [0.05, 0.1) is 35.9 Å². The molecule has 2 amide bonds. The van der Waals surface area contributed by atoms with Gasteiger partial charge in [-0.05, 0) is 59.7 Å². The largest absolute Gasteiger partial charge is 0.338 e. The van der Waals surface area contributed by atoms with E-state index in [2.05, 4.69) is 21.5 Å². The normalized spacial score (nSPS) is 18.5. The maximum Gasteiger partial charge on any atom is 0.319 e. The van der Waals surface area contributed by atoms with Gasteiger partial charge in [0.15, 0.2) is 0 Å². The molecule has 40 heavy (non-hydrogen) atoms. The number of rotatable bonds is 7. The smallest absolute Gasteiger partial charge is 0.319 e. The van der Waals surface area contributed by atoms with Crippen molar-refractivity contribution in [2.75, 3.05) is 6.54 Å². The molecule has 0 aromatic rings. The van der Waals surface area contributed by atoms with Crippen LogP contribution in [0.5, 0.6) is 0 Å². The molecule has 202 valence electrons. The van der Waals surface area contributed by atoms with Crippen molar-refractivity contribution in [3.8, 4) is 30.3 Å². The number of hydrogen-bond donors (Lipinski definition) is 2. The van der Waals surface area contributed by atoms with E-state index in [1.807, 2.05) is 52.0 Å². The maximum atomic E-state index is 12.8. The molecule has 0 spiro atoms. The summed E-state index contributed by atoms with van der Waals surface area (Å²) in [6, 6.07) is 9.09. The summed E-state index contributed by atoms with van der Waals surface area (Å²) in [4.78, 5) is 28.6. The van der Waals surface area contributed by atoms with Crippen molar-refractivity contribution in [1.29, 1.82) is 26.3 Å². The molecule has 0 atom stereocenters. The van der Waals surface area contributed by atoms with E-state index in [1.165, 1.54) is 0 Å². The van der Waals surface area contributed by atoms with E-state index in [9.17, 15) is 35.9 Å². The molecule has 0 heterocycles. The van der Waals surface area contributed by atoms with Gasteiger partial charge in [-0.2, -0.15) is 21.0 Å². The first kappa shape index (κ1) is 31.1. The fourth-order valence-corrected chi connectivity index (χ4v) is 5.16. The number of Topliss-reactive ketones (excluding diaryl/α,β-unsaturated/α-hetero) is 1. The predicted octanol–water partition coefficient (Wildman–Crippen LogP) is 5.30. The van der Waals surface area contributed by atoms with Crippen molar-refractivity contribution in [3.05, 3.63) is 56.2 Å². The monoisotopic (exact) mass is 534 g/mol. The van der Waals surface area contributed by atoms with Gasteiger partial charge in [-0.25, -0.2) is 14.9 Å². The number of carbonyl (C=O) groups excluding carboxylic acids is 2. The Bertz CT molecular complexity index is 1350. The van der Waals surface area contributed by atoms with E-state index >= 15 is 0 Å². The summed E-state index contributed by atoms with van der Waals surface area (Å²) in [6.45, 7) is 15.2. The third kappa shape index (κ3) is 7.68. The molecule has 0 unspecified atom stereocenters. The zero-order chi connectivity index (χ0) is 30.1. The highest BCUT2D eigenvalue weighted by Crippen LogP contribution is 2.44. The number of urea groups is 1. The van der Waals surface area contributed by atoms with E-state index < -0.39 is 6.03 Å². The summed E-state index contributed by atoms with van der Waals surface area (Å²) in [7, 11) is 0. The molecule has 2 rings (SSSR count). The number of nitrogens with one attached hydrogen (secondary N) is 2. The first-order valence-corrected chi connectivity index (χ1v) is 12.7. The Balaban J connectivity index is 2.06. The Morgan fingerprint density at radius 3 is 2.02 bits per heavy atom. The summed E-state index contributed by atoms with van der Waals surface area (Å²) in [5.41, 5.74) is 1.06. The van der Waals surface area contributed by atoms with E-state index in [-0.39, 0.29) is 58.4 Å². The lowest BCUT2D eigenvalue weighted by Crippen LogP contribution is -2.38. The zero-order valence-electron chi connectivity index (χ0n) is 23.2. The van der Waals surface area contributed by atoms with Gasteiger partial charge in [0.2, 0.25) is 0 Å². The van der Waals surface area contributed by atoms with Crippen LogP contribution in [-0.2, 0) is 4.79 Å². The highest BCUT2D eigenvalue weighted by Gasteiger charge is 2.34. The molecule has 0 fully saturated rings. The summed E-state index contributed by atoms with van der Waals surface area (Å²) < 4.78 is 0. The topological polar surface area (TPSA) is 182 Å². The molecule has 0 aliphatic heterocycles. The number of nitriles is 5. The fraction of sp³-hybridized carbons (Fsp3) is 0.467. The number of amides is 2. The van der Waals surface area contributed by atoms with Crippen LogP contribution >= 0.6 is 0 Å². The molecule has 2 aliphatic carbocycles. The van der Waals surface area contributed by atoms with Crippen molar-refractivity contribution in [3.63, 3.8) is 0 Å². The average Bonchev–Trinajstić information content (AvgIpc) is 2.87. The Kier molecular flexibility index (Phi) is 10.1. The minimum Gasteiger partial charge on any atom is -0.338 e. The van der Waals surface area contributed by atoms with Crippen LogP contribution in [0, 0.1) is 74.1 Å². The third-order valence-electron chi connectivity index (χ3n) is 6.76. The first-order chi connectivity index (χ1) is 18.8. The molecule has 2 aliphatic rings. The summed E-state index contributed by atoms with van der Waals surface area (Å²) >= 11 is 0. The fourth-order valence-electron chi connectivity index (χ4n) is 5.16. The number of ketones is 1. The summed E-state index contributed by atoms with van der Waals surface area (Å²) in [5, 5.41) is 52.7. The number of carbonyl (C=O) groups is 2. The number of nitrogens with zero attached hydrogens (tertiary/aromatic N) is 6. The van der Waals surface area contributed by atoms with E-state index in [1.54, 1.807) is 0 Å². The van der Waals surface area contributed by atoms with E-state index in [4.69, 9.17) is 6.57 Å². The van der Waals surface area contributed by atoms with Gasteiger partial charge in [0.1, 0.15) is 23.5 Å². The molecular weight excluding hydrogens is 504 g/mol. The van der Waals surface area contributed by atoms with Crippen LogP contribution in [0.1, 0.15) is 72.6 Å². The van der Waals surface area contributed by atoms with Crippen LogP contribution in [0.25, 0.3) is 4.85 Å². The van der Waals surface area contributed by atoms with Gasteiger partial charge in [0.25, 0.3) is 5.70 Å². The molecule has 2 N–H and O–H groups in total. The molecule has 10 nitrogen and oxygen atoms in total. The molecule has 0 saturated heterocycles. The third-order valence-corrected chi connectivity index (χ3v) is 6.76. The molecule has 0 bridgehead atoms. The van der Waals surface area contributed by atoms with Crippen molar-refractivity contribution in [1.82, 2.24) is 10.6 Å². The molecule has 0 aromatic carbocycles. The lowest BCUT2D eigenvalue weighted by Gasteiger charge is -2.33. The van der Waals surface area contributed by atoms with Gasteiger partial charge < -0.3 is 10.6 Å². The van der Waals surface area contributed by atoms with Gasteiger partial charge in [-0.3, -0.25) is 4.79 Å². The number of hydrogen-bond acceptors (Lipinski definition) is 7. The van der Waals surface area contributed by atoms with Crippen molar-refractivity contribution < 1.29 is 9.59 Å². The Hall–Kier alpha value is -5.16. The standard InChI is InChI=1S/C30H30N8O2/c1-29(2)10-19(24(16-33)22(11-29)20(14-31)15-32)9-21(39)7-6-8-37-28(40)38-26-13-30(3,4)12-23(25(26)17-34)27(18-35)36-5/h6-13H2,1-4H3,(H2,37,38,40)/b27-23+. The molecule has 0 radical (unpaired) electrons. The van der Waals surface area contributed by atoms with Crippen LogP contribution in [-0.4, -0.2) is 18.4 Å². The van der Waals surface area contributed by atoms with E-state index in [0.717, 1.165) is 0 Å². The lowest BCUT2D eigenvalue weighted by molar-refractivity contribution is -0.118. The first-order valence-electron chi connectivity index (χ1n) is 12.7. The number of allylic oxidation sites excluding steroid dienone is 8. The van der Waals surface area contributed by atoms with Crippen LogP contribution in [0.2, 0.25) is 0 Å². The molecule has 0 saturated carbocycles. The predicted molar refractivity (Wildman–Crippen MR) is 144 cm³/mol. The van der Waals surface area contributed by atoms with E-state index in [0.29, 0.717) is 54.5 Å². The van der Waals surface area contributed by atoms with Crippen molar-refractivity contribution in [2.45, 2.75) is 72.6 Å². The summed E-state index contributed by atoms with van der Waals surface area (Å²) in [5.74, 6) is -0.126. The zero-order valence-corrected chi connectivity index (χ0v) is 23.2. The van der Waals surface area contributed by atoms with Crippen LogP contribution < -0.4 is 10.6 Å². The van der Waals surface area contributed by atoms with Gasteiger partial charge >= 0.3 is 6.03 Å². The second-order valence-electron chi connectivity index (χ2n) is 11.4. The van der Waals surface area contributed by atoms with Gasteiger partial charge in [-0.1, -0.05) is 27.7 Å². The van der Waals surface area contributed by atoms with Gasteiger partial charge in [0, 0.05) is 25.1 Å². The second-order valence-corrected chi connectivity index (χ2v) is 11.4. The van der Waals surface area contributed by atoms with Crippen molar-refractivity contribution >= 4 is 11.8 Å². The molecule has 0 aromatic heterocycles. The Morgan fingerprint density at radius 2 is 1.48 bits per heavy atom. The van der Waals surface area contributed by atoms with Crippen LogP contribution in [0.15, 0.2) is 44.8 Å². The SMILES string of the molecule is [C-]#[N+]/C(C#N)=C1\CC(C)(C)CC(NC(=O)NCCCC(=O)CC2=C(C#N)C(=C(C#N)C#N)CC(C)(C)C2)=C1C#N. The average molecular weight is 535 g/mol. The quantitative estimate of drug-likeness (QED) is 0.252. The van der Waals surface area contributed by atoms with Gasteiger partial charge in [-0.15, -0.1) is 0 Å². The second kappa shape index (κ2) is 13.1. The maximum absolute atomic E-state index is 12.8. The minimum atomic E-state index is -0.563. The molecule has 10 heteroatoms. The highest BCUT2D eigenvalue weighted by molar-refractivity contribution is 5.82. The Labute approximate surface area is 235 Å². The van der Waals surface area contributed by atoms with Crippen molar-refractivity contribution in [2.24, 2.45) is 10.8 Å². The van der Waals surface area contributed by atoms with Crippen LogP contribution in [0.3, 0.4) is 0 Å². The highest BCUT2D eigenvalue weighted by atomic mass is 16.2. The minimum absolute atomic E-state index is 0.0248. The Morgan fingerprint density at radius 1 is 0.875 bits per heavy atom.